The molecule has 2 unspecified atom stereocenters. The molecule has 100 valence electrons. The Labute approximate surface area is 105 Å². The maximum Gasteiger partial charge on any atom is 0.317 e. The van der Waals surface area contributed by atoms with E-state index in [9.17, 15) is 4.79 Å². The van der Waals surface area contributed by atoms with Gasteiger partial charge in [0.2, 0.25) is 0 Å². The average Bonchev–Trinajstić information content (AvgIpc) is 2.24. The van der Waals surface area contributed by atoms with E-state index in [4.69, 9.17) is 5.11 Å². The van der Waals surface area contributed by atoms with E-state index in [1.807, 2.05) is 14.1 Å². The van der Waals surface area contributed by atoms with E-state index in [2.05, 4.69) is 16.7 Å². The lowest BCUT2D eigenvalue weighted by molar-refractivity contribution is -0.139. The van der Waals surface area contributed by atoms with Crippen LogP contribution in [0.2, 0.25) is 0 Å². The number of rotatable bonds is 6. The van der Waals surface area contributed by atoms with Crippen molar-refractivity contribution in [1.82, 2.24) is 9.80 Å². The Morgan fingerprint density at radius 2 is 1.88 bits per heavy atom. The summed E-state index contributed by atoms with van der Waals surface area (Å²) in [6.07, 6.45) is 4.93. The van der Waals surface area contributed by atoms with Gasteiger partial charge in [-0.05, 0) is 32.9 Å². The van der Waals surface area contributed by atoms with E-state index in [1.165, 1.54) is 19.3 Å². The second-order valence-electron chi connectivity index (χ2n) is 5.50. The third-order valence-corrected chi connectivity index (χ3v) is 3.71. The molecule has 4 nitrogen and oxygen atoms in total. The lowest BCUT2D eigenvalue weighted by Gasteiger charge is -2.38. The lowest BCUT2D eigenvalue weighted by Crippen LogP contribution is -2.46. The Morgan fingerprint density at radius 1 is 1.24 bits per heavy atom. The number of carboxylic acids is 1. The van der Waals surface area contributed by atoms with Crippen LogP contribution < -0.4 is 0 Å². The van der Waals surface area contributed by atoms with Gasteiger partial charge in [0.05, 0.1) is 6.54 Å². The molecule has 0 aromatic heterocycles. The van der Waals surface area contributed by atoms with Crippen molar-refractivity contribution >= 4 is 5.97 Å². The summed E-state index contributed by atoms with van der Waals surface area (Å²) in [6, 6.07) is 0.458. The first-order valence-electron chi connectivity index (χ1n) is 6.61. The van der Waals surface area contributed by atoms with Crippen LogP contribution in [0.5, 0.6) is 0 Å². The Hall–Kier alpha value is -0.610. The highest BCUT2D eigenvalue weighted by atomic mass is 16.4. The fourth-order valence-electron chi connectivity index (χ4n) is 2.70. The Morgan fingerprint density at radius 3 is 2.41 bits per heavy atom. The summed E-state index contributed by atoms with van der Waals surface area (Å²) in [4.78, 5) is 15.2. The SMILES string of the molecule is CC1CCCCC1N(CCN(C)C)CC(=O)O. The Balaban J connectivity index is 2.56. The molecule has 0 heterocycles. The maximum absolute atomic E-state index is 10.9. The molecule has 0 aromatic carbocycles. The molecule has 4 heteroatoms. The Bertz CT molecular complexity index is 244. The van der Waals surface area contributed by atoms with Gasteiger partial charge < -0.3 is 10.0 Å². The zero-order valence-electron chi connectivity index (χ0n) is 11.4. The van der Waals surface area contributed by atoms with E-state index < -0.39 is 5.97 Å². The predicted molar refractivity (Wildman–Crippen MR) is 69.2 cm³/mol. The number of likely N-dealkylation sites (N-methyl/N-ethyl adjacent to an activating group) is 1. The molecule has 1 N–H and O–H groups in total. The van der Waals surface area contributed by atoms with Crippen LogP contribution in [0.1, 0.15) is 32.6 Å². The molecule has 1 saturated carbocycles. The zero-order chi connectivity index (χ0) is 12.8. The summed E-state index contributed by atoms with van der Waals surface area (Å²) in [6.45, 7) is 4.22. The van der Waals surface area contributed by atoms with Gasteiger partial charge in [-0.2, -0.15) is 0 Å². The van der Waals surface area contributed by atoms with Gasteiger partial charge in [0, 0.05) is 19.1 Å². The van der Waals surface area contributed by atoms with E-state index in [1.54, 1.807) is 0 Å². The van der Waals surface area contributed by atoms with Crippen LogP contribution in [0, 0.1) is 5.92 Å². The van der Waals surface area contributed by atoms with Gasteiger partial charge >= 0.3 is 5.97 Å². The molecule has 0 bridgehead atoms. The summed E-state index contributed by atoms with van der Waals surface area (Å²) in [5.41, 5.74) is 0. The van der Waals surface area contributed by atoms with Crippen molar-refractivity contribution in [1.29, 1.82) is 0 Å². The fraction of sp³-hybridized carbons (Fsp3) is 0.923. The first kappa shape index (κ1) is 14.5. The third-order valence-electron chi connectivity index (χ3n) is 3.71. The van der Waals surface area contributed by atoms with Gasteiger partial charge in [0.15, 0.2) is 0 Å². The van der Waals surface area contributed by atoms with Gasteiger partial charge in [-0.15, -0.1) is 0 Å². The minimum Gasteiger partial charge on any atom is -0.480 e. The molecule has 1 fully saturated rings. The smallest absolute Gasteiger partial charge is 0.317 e. The van der Waals surface area contributed by atoms with Crippen molar-refractivity contribution in [3.8, 4) is 0 Å². The van der Waals surface area contributed by atoms with E-state index in [0.29, 0.717) is 12.0 Å². The van der Waals surface area contributed by atoms with Crippen molar-refractivity contribution < 1.29 is 9.90 Å². The molecule has 0 spiro atoms. The summed E-state index contributed by atoms with van der Waals surface area (Å²) >= 11 is 0. The van der Waals surface area contributed by atoms with Crippen molar-refractivity contribution in [2.45, 2.75) is 38.6 Å². The molecule has 0 amide bonds. The van der Waals surface area contributed by atoms with E-state index in [0.717, 1.165) is 19.5 Å². The van der Waals surface area contributed by atoms with Crippen molar-refractivity contribution in [3.63, 3.8) is 0 Å². The standard InChI is InChI=1S/C13H26N2O2/c1-11-6-4-5-7-12(11)15(10-13(16)17)9-8-14(2)3/h11-12H,4-10H2,1-3H3,(H,16,17). The number of nitrogens with zero attached hydrogens (tertiary/aromatic N) is 2. The number of carboxylic acid groups (broad SMARTS) is 1. The summed E-state index contributed by atoms with van der Waals surface area (Å²) in [7, 11) is 4.06. The zero-order valence-corrected chi connectivity index (χ0v) is 11.4. The molecule has 1 rings (SSSR count). The molecule has 1 aliphatic rings. The molecule has 2 atom stereocenters. The first-order valence-corrected chi connectivity index (χ1v) is 6.61. The molecule has 0 saturated heterocycles. The Kier molecular flexibility index (Phi) is 5.92. The van der Waals surface area contributed by atoms with Gasteiger partial charge in [-0.3, -0.25) is 9.69 Å². The van der Waals surface area contributed by atoms with Crippen LogP contribution in [-0.4, -0.2) is 60.6 Å². The van der Waals surface area contributed by atoms with Gasteiger partial charge in [-0.25, -0.2) is 0 Å². The fourth-order valence-corrected chi connectivity index (χ4v) is 2.70. The average molecular weight is 242 g/mol. The number of carbonyl (C=O) groups is 1. The van der Waals surface area contributed by atoms with Crippen LogP contribution in [0.15, 0.2) is 0 Å². The first-order chi connectivity index (χ1) is 8.00. The van der Waals surface area contributed by atoms with Crippen LogP contribution in [0.3, 0.4) is 0 Å². The second-order valence-corrected chi connectivity index (χ2v) is 5.50. The van der Waals surface area contributed by atoms with Crippen molar-refractivity contribution in [2.24, 2.45) is 5.92 Å². The molecule has 0 aromatic rings. The third kappa shape index (κ3) is 5.04. The van der Waals surface area contributed by atoms with Crippen LogP contribution in [0.4, 0.5) is 0 Å². The predicted octanol–water partition coefficient (Wildman–Crippen LogP) is 1.51. The molecule has 1 aliphatic carbocycles. The molecular formula is C13H26N2O2. The van der Waals surface area contributed by atoms with Crippen molar-refractivity contribution in [3.05, 3.63) is 0 Å². The van der Waals surface area contributed by atoms with Gasteiger partial charge in [0.1, 0.15) is 0 Å². The van der Waals surface area contributed by atoms with E-state index in [-0.39, 0.29) is 6.54 Å². The molecule has 17 heavy (non-hydrogen) atoms. The van der Waals surface area contributed by atoms with Crippen LogP contribution in [-0.2, 0) is 4.79 Å². The topological polar surface area (TPSA) is 43.8 Å². The van der Waals surface area contributed by atoms with Gasteiger partial charge in [0.25, 0.3) is 0 Å². The summed E-state index contributed by atoms with van der Waals surface area (Å²) in [5, 5.41) is 9.01. The van der Waals surface area contributed by atoms with E-state index >= 15 is 0 Å². The number of hydrogen-bond donors (Lipinski definition) is 1. The summed E-state index contributed by atoms with van der Waals surface area (Å²) < 4.78 is 0. The molecule has 0 radical (unpaired) electrons. The van der Waals surface area contributed by atoms with Crippen LogP contribution in [0.25, 0.3) is 0 Å². The minimum absolute atomic E-state index is 0.183. The largest absolute Gasteiger partial charge is 0.480 e. The molecule has 0 aliphatic heterocycles. The number of aliphatic carboxylic acids is 1. The highest BCUT2D eigenvalue weighted by Gasteiger charge is 2.28. The lowest BCUT2D eigenvalue weighted by atomic mass is 9.85. The molecular weight excluding hydrogens is 216 g/mol. The number of hydrogen-bond acceptors (Lipinski definition) is 3. The second kappa shape index (κ2) is 6.97. The highest BCUT2D eigenvalue weighted by Crippen LogP contribution is 2.27. The monoisotopic (exact) mass is 242 g/mol. The quantitative estimate of drug-likeness (QED) is 0.767. The minimum atomic E-state index is -0.707. The highest BCUT2D eigenvalue weighted by molar-refractivity contribution is 5.69. The summed E-state index contributed by atoms with van der Waals surface area (Å²) in [5.74, 6) is -0.0770. The van der Waals surface area contributed by atoms with Crippen LogP contribution >= 0.6 is 0 Å². The maximum atomic E-state index is 10.9. The van der Waals surface area contributed by atoms with Gasteiger partial charge in [-0.1, -0.05) is 19.8 Å². The normalized spacial score (nSPS) is 25.5. The van der Waals surface area contributed by atoms with Crippen molar-refractivity contribution in [2.75, 3.05) is 33.7 Å².